The molecule has 0 aromatic rings. The second-order valence-corrected chi connectivity index (χ2v) is 9.41. The number of aliphatic hydroxyl groups is 1. The summed E-state index contributed by atoms with van der Waals surface area (Å²) >= 11 is 0. The summed E-state index contributed by atoms with van der Waals surface area (Å²) in [4.78, 5) is 25.2. The maximum absolute atomic E-state index is 13.1. The average molecular weight is 330 g/mol. The minimum absolute atomic E-state index is 0.0124. The lowest BCUT2D eigenvalue weighted by Gasteiger charge is -2.57. The standard InChI is InChI=1S/C21H30O3/c1-12(22)15-4-5-16-19-17(7-9-21(15,16)3)20(2)8-6-14(23)10-13(20)11-18(19)24/h11,14-17,19,23H,4-10H2,1-3H3/t14-,15+,16-,17-,19-,20-,21+/m1/s1. The van der Waals surface area contributed by atoms with E-state index in [-0.39, 0.29) is 34.6 Å². The number of rotatable bonds is 1. The lowest BCUT2D eigenvalue weighted by Crippen LogP contribution is -2.53. The van der Waals surface area contributed by atoms with E-state index < -0.39 is 0 Å². The molecule has 3 heteroatoms. The highest BCUT2D eigenvalue weighted by atomic mass is 16.3. The molecule has 7 atom stereocenters. The molecule has 0 radical (unpaired) electrons. The zero-order valence-electron chi connectivity index (χ0n) is 15.2. The van der Waals surface area contributed by atoms with Gasteiger partial charge < -0.3 is 5.11 Å². The summed E-state index contributed by atoms with van der Waals surface area (Å²) in [5, 5.41) is 10.0. The molecule has 0 aromatic carbocycles. The Hall–Kier alpha value is -0.960. The summed E-state index contributed by atoms with van der Waals surface area (Å²) in [6.45, 7) is 6.33. The molecule has 4 aliphatic rings. The van der Waals surface area contributed by atoms with Crippen molar-refractivity contribution < 1.29 is 14.7 Å². The summed E-state index contributed by atoms with van der Waals surface area (Å²) in [5.74, 6) is 1.59. The van der Waals surface area contributed by atoms with Gasteiger partial charge in [-0.05, 0) is 80.6 Å². The summed E-state index contributed by atoms with van der Waals surface area (Å²) in [6, 6.07) is 0. The van der Waals surface area contributed by atoms with Crippen LogP contribution in [0.4, 0.5) is 0 Å². The highest BCUT2D eigenvalue weighted by Gasteiger charge is 2.61. The van der Waals surface area contributed by atoms with Crippen molar-refractivity contribution >= 4 is 11.6 Å². The molecule has 0 heterocycles. The number of hydrogen-bond donors (Lipinski definition) is 1. The Kier molecular flexibility index (Phi) is 3.62. The van der Waals surface area contributed by atoms with Gasteiger partial charge in [0.25, 0.3) is 0 Å². The van der Waals surface area contributed by atoms with E-state index in [1.165, 1.54) is 5.57 Å². The first-order chi connectivity index (χ1) is 11.3. The first kappa shape index (κ1) is 16.5. The Morgan fingerprint density at radius 2 is 1.88 bits per heavy atom. The molecule has 4 aliphatic carbocycles. The Morgan fingerprint density at radius 3 is 2.58 bits per heavy atom. The van der Waals surface area contributed by atoms with Crippen molar-refractivity contribution in [3.63, 3.8) is 0 Å². The fourth-order valence-corrected chi connectivity index (χ4v) is 7.05. The van der Waals surface area contributed by atoms with Gasteiger partial charge in [0.15, 0.2) is 5.78 Å². The second kappa shape index (κ2) is 5.27. The molecule has 4 rings (SSSR count). The molecule has 132 valence electrons. The van der Waals surface area contributed by atoms with Gasteiger partial charge in [-0.1, -0.05) is 19.4 Å². The molecule has 24 heavy (non-hydrogen) atoms. The van der Waals surface area contributed by atoms with Crippen LogP contribution in [0, 0.1) is 34.5 Å². The molecular formula is C21H30O3. The predicted octanol–water partition coefficient (Wildman–Crippen LogP) is 3.69. The van der Waals surface area contributed by atoms with Gasteiger partial charge in [0, 0.05) is 11.8 Å². The van der Waals surface area contributed by atoms with E-state index in [2.05, 4.69) is 13.8 Å². The van der Waals surface area contributed by atoms with E-state index in [9.17, 15) is 14.7 Å². The summed E-state index contributed by atoms with van der Waals surface area (Å²) in [7, 11) is 0. The lowest BCUT2D eigenvalue weighted by molar-refractivity contribution is -0.138. The number of carbonyl (C=O) groups is 2. The Balaban J connectivity index is 1.73. The number of fused-ring (bicyclic) bond motifs is 5. The van der Waals surface area contributed by atoms with Gasteiger partial charge in [0.1, 0.15) is 5.78 Å². The molecule has 1 N–H and O–H groups in total. The summed E-state index contributed by atoms with van der Waals surface area (Å²) < 4.78 is 0. The third-order valence-corrected chi connectivity index (χ3v) is 8.41. The van der Waals surface area contributed by atoms with Gasteiger partial charge in [0.05, 0.1) is 6.10 Å². The van der Waals surface area contributed by atoms with Crippen LogP contribution in [0.2, 0.25) is 0 Å². The van der Waals surface area contributed by atoms with E-state index in [1.807, 2.05) is 6.08 Å². The molecule has 0 aliphatic heterocycles. The topological polar surface area (TPSA) is 54.4 Å². The zero-order chi connectivity index (χ0) is 17.3. The molecule has 0 aromatic heterocycles. The van der Waals surface area contributed by atoms with Gasteiger partial charge in [-0.25, -0.2) is 0 Å². The molecule has 0 saturated heterocycles. The smallest absolute Gasteiger partial charge is 0.159 e. The van der Waals surface area contributed by atoms with Crippen molar-refractivity contribution in [3.05, 3.63) is 11.6 Å². The largest absolute Gasteiger partial charge is 0.393 e. The molecule has 3 nitrogen and oxygen atoms in total. The van der Waals surface area contributed by atoms with Gasteiger partial charge in [0.2, 0.25) is 0 Å². The van der Waals surface area contributed by atoms with E-state index >= 15 is 0 Å². The van der Waals surface area contributed by atoms with Crippen LogP contribution in [0.1, 0.15) is 65.7 Å². The Morgan fingerprint density at radius 1 is 1.12 bits per heavy atom. The zero-order valence-corrected chi connectivity index (χ0v) is 15.2. The van der Waals surface area contributed by atoms with Crippen LogP contribution in [0.5, 0.6) is 0 Å². The number of hydrogen-bond acceptors (Lipinski definition) is 3. The van der Waals surface area contributed by atoms with Gasteiger partial charge >= 0.3 is 0 Å². The highest BCUT2D eigenvalue weighted by Crippen LogP contribution is 2.65. The number of Topliss-reactive ketones (excluding diaryl/α,β-unsaturated/α-hetero) is 1. The maximum atomic E-state index is 13.1. The van der Waals surface area contributed by atoms with Crippen LogP contribution in [-0.4, -0.2) is 22.8 Å². The van der Waals surface area contributed by atoms with Crippen LogP contribution in [0.25, 0.3) is 0 Å². The molecule has 3 saturated carbocycles. The summed E-state index contributed by atoms with van der Waals surface area (Å²) in [6.07, 6.45) is 8.22. The third kappa shape index (κ3) is 2.06. The van der Waals surface area contributed by atoms with E-state index in [0.717, 1.165) is 38.5 Å². The fraction of sp³-hybridized carbons (Fsp3) is 0.810. The number of ketones is 2. The quantitative estimate of drug-likeness (QED) is 0.797. The van der Waals surface area contributed by atoms with Crippen molar-refractivity contribution in [1.29, 1.82) is 0 Å². The Labute approximate surface area is 144 Å². The number of aliphatic hydroxyl groups excluding tert-OH is 1. The minimum atomic E-state index is -0.281. The van der Waals surface area contributed by atoms with Gasteiger partial charge in [-0.3, -0.25) is 9.59 Å². The fourth-order valence-electron chi connectivity index (χ4n) is 7.05. The van der Waals surface area contributed by atoms with Crippen molar-refractivity contribution in [2.45, 2.75) is 71.8 Å². The van der Waals surface area contributed by atoms with Crippen LogP contribution in [0.3, 0.4) is 0 Å². The first-order valence-electron chi connectivity index (χ1n) is 9.71. The molecule has 0 bridgehead atoms. The number of allylic oxidation sites excluding steroid dienone is 1. The van der Waals surface area contributed by atoms with Crippen LogP contribution in [-0.2, 0) is 9.59 Å². The van der Waals surface area contributed by atoms with Crippen molar-refractivity contribution in [2.75, 3.05) is 0 Å². The Bertz CT molecular complexity index is 621. The molecule has 0 amide bonds. The van der Waals surface area contributed by atoms with Gasteiger partial charge in [-0.2, -0.15) is 0 Å². The van der Waals surface area contributed by atoms with Crippen LogP contribution < -0.4 is 0 Å². The van der Waals surface area contributed by atoms with E-state index in [4.69, 9.17) is 0 Å². The minimum Gasteiger partial charge on any atom is -0.393 e. The highest BCUT2D eigenvalue weighted by molar-refractivity contribution is 5.95. The normalized spacial score (nSPS) is 50.6. The number of carbonyl (C=O) groups excluding carboxylic acids is 2. The molecule has 0 unspecified atom stereocenters. The van der Waals surface area contributed by atoms with E-state index in [0.29, 0.717) is 24.0 Å². The summed E-state index contributed by atoms with van der Waals surface area (Å²) in [5.41, 5.74) is 1.28. The molecule has 0 spiro atoms. The SMILES string of the molecule is CC(=O)[C@@H]1CC[C@@H]2[C@H]3C(=O)C=C4C[C@H](O)CC[C@@]4(C)[C@@H]3CC[C@]21C. The second-order valence-electron chi connectivity index (χ2n) is 9.41. The van der Waals surface area contributed by atoms with Crippen molar-refractivity contribution in [3.8, 4) is 0 Å². The van der Waals surface area contributed by atoms with Crippen LogP contribution in [0.15, 0.2) is 11.6 Å². The van der Waals surface area contributed by atoms with Crippen molar-refractivity contribution in [1.82, 2.24) is 0 Å². The van der Waals surface area contributed by atoms with E-state index in [1.54, 1.807) is 6.92 Å². The lowest BCUT2D eigenvalue weighted by atomic mass is 9.47. The molecule has 3 fully saturated rings. The van der Waals surface area contributed by atoms with Crippen LogP contribution >= 0.6 is 0 Å². The first-order valence-corrected chi connectivity index (χ1v) is 9.71. The van der Waals surface area contributed by atoms with Gasteiger partial charge in [-0.15, -0.1) is 0 Å². The maximum Gasteiger partial charge on any atom is 0.159 e. The monoisotopic (exact) mass is 330 g/mol. The predicted molar refractivity (Wildman–Crippen MR) is 92.3 cm³/mol. The van der Waals surface area contributed by atoms with Crippen molar-refractivity contribution in [2.24, 2.45) is 34.5 Å². The average Bonchev–Trinajstić information content (AvgIpc) is 2.86. The molecular weight excluding hydrogens is 300 g/mol. The third-order valence-electron chi connectivity index (χ3n) is 8.41.